The minimum absolute atomic E-state index is 0.124. The highest BCUT2D eigenvalue weighted by molar-refractivity contribution is 7.92. The summed E-state index contributed by atoms with van der Waals surface area (Å²) in [6.45, 7) is 3.15. The van der Waals surface area contributed by atoms with Crippen LogP contribution in [0.3, 0.4) is 0 Å². The van der Waals surface area contributed by atoms with Gasteiger partial charge >= 0.3 is 0 Å². The molecule has 0 aliphatic carbocycles. The number of anilines is 1. The number of halogens is 2. The first-order chi connectivity index (χ1) is 12.1. The van der Waals surface area contributed by atoms with E-state index < -0.39 is 33.6 Å². The molecule has 2 atom stereocenters. The summed E-state index contributed by atoms with van der Waals surface area (Å²) in [7, 11) is -3.91. The van der Waals surface area contributed by atoms with Crippen LogP contribution in [0.5, 0.6) is 0 Å². The van der Waals surface area contributed by atoms with Gasteiger partial charge in [-0.25, -0.2) is 17.2 Å². The molecule has 0 saturated carbocycles. The lowest BCUT2D eigenvalue weighted by atomic mass is 10.1. The summed E-state index contributed by atoms with van der Waals surface area (Å²) >= 11 is 0. The van der Waals surface area contributed by atoms with Gasteiger partial charge in [0.2, 0.25) is 15.9 Å². The number of carbonyl (C=O) groups excluding carboxylic acids is 1. The maximum Gasteiger partial charge on any atom is 0.244 e. The van der Waals surface area contributed by atoms with Gasteiger partial charge in [-0.1, -0.05) is 30.3 Å². The molecule has 2 aromatic rings. The van der Waals surface area contributed by atoms with Gasteiger partial charge in [-0.15, -0.1) is 0 Å². The van der Waals surface area contributed by atoms with Crippen molar-refractivity contribution in [2.45, 2.75) is 25.9 Å². The third-order valence-corrected chi connectivity index (χ3v) is 5.15. The predicted octanol–water partition coefficient (Wildman–Crippen LogP) is 3.00. The number of hydrogen-bond acceptors (Lipinski definition) is 3. The van der Waals surface area contributed by atoms with E-state index in [1.54, 1.807) is 6.92 Å². The van der Waals surface area contributed by atoms with E-state index in [4.69, 9.17) is 0 Å². The Bertz CT molecular complexity index is 889. The molecule has 0 bridgehead atoms. The number of amides is 1. The smallest absolute Gasteiger partial charge is 0.244 e. The van der Waals surface area contributed by atoms with Gasteiger partial charge in [0.25, 0.3) is 0 Å². The summed E-state index contributed by atoms with van der Waals surface area (Å²) < 4.78 is 51.8. The summed E-state index contributed by atoms with van der Waals surface area (Å²) in [5.74, 6) is -2.85. The second-order valence-corrected chi connectivity index (χ2v) is 7.83. The maximum atomic E-state index is 13.5. The minimum Gasteiger partial charge on any atom is -0.348 e. The second kappa shape index (κ2) is 7.82. The zero-order valence-electron chi connectivity index (χ0n) is 14.6. The molecule has 5 nitrogen and oxygen atoms in total. The zero-order chi connectivity index (χ0) is 19.5. The normalized spacial score (nSPS) is 13.7. The van der Waals surface area contributed by atoms with E-state index in [9.17, 15) is 22.0 Å². The van der Waals surface area contributed by atoms with Crippen LogP contribution in [-0.2, 0) is 14.8 Å². The molecule has 8 heteroatoms. The molecule has 140 valence electrons. The van der Waals surface area contributed by atoms with E-state index >= 15 is 0 Å². The highest BCUT2D eigenvalue weighted by Crippen LogP contribution is 2.23. The first-order valence-corrected chi connectivity index (χ1v) is 9.76. The third-order valence-electron chi connectivity index (χ3n) is 3.90. The number of nitrogens with zero attached hydrogens (tertiary/aromatic N) is 1. The van der Waals surface area contributed by atoms with Crippen LogP contribution in [0.1, 0.15) is 25.5 Å². The Balaban J connectivity index is 2.27. The van der Waals surface area contributed by atoms with Crippen LogP contribution < -0.4 is 9.62 Å². The predicted molar refractivity (Wildman–Crippen MR) is 96.1 cm³/mol. The van der Waals surface area contributed by atoms with E-state index in [0.29, 0.717) is 0 Å². The lowest BCUT2D eigenvalue weighted by Crippen LogP contribution is -2.48. The molecule has 0 saturated heterocycles. The molecule has 0 heterocycles. The van der Waals surface area contributed by atoms with Crippen molar-refractivity contribution in [2.75, 3.05) is 10.6 Å². The van der Waals surface area contributed by atoms with Crippen LogP contribution in [0.4, 0.5) is 14.5 Å². The fourth-order valence-corrected chi connectivity index (χ4v) is 3.76. The SMILES string of the molecule is C[C@H](NC(=O)[C@H](C)N(c1ccc(F)c(F)c1)S(C)(=O)=O)c1ccccc1. The number of benzene rings is 2. The van der Waals surface area contributed by atoms with E-state index in [1.165, 1.54) is 6.92 Å². The van der Waals surface area contributed by atoms with Crippen molar-refractivity contribution >= 4 is 21.6 Å². The topological polar surface area (TPSA) is 66.5 Å². The second-order valence-electron chi connectivity index (χ2n) is 5.97. The molecular formula is C18H20F2N2O3S. The van der Waals surface area contributed by atoms with E-state index in [-0.39, 0.29) is 11.7 Å². The molecule has 0 aliphatic rings. The van der Waals surface area contributed by atoms with Gasteiger partial charge in [-0.05, 0) is 31.5 Å². The molecule has 0 unspecified atom stereocenters. The van der Waals surface area contributed by atoms with Crippen molar-refractivity contribution in [3.05, 3.63) is 65.7 Å². The Morgan fingerprint density at radius 2 is 1.65 bits per heavy atom. The lowest BCUT2D eigenvalue weighted by molar-refractivity contribution is -0.122. The van der Waals surface area contributed by atoms with Crippen molar-refractivity contribution in [3.63, 3.8) is 0 Å². The zero-order valence-corrected chi connectivity index (χ0v) is 15.4. The standard InChI is InChI=1S/C18H20F2N2O3S/c1-12(14-7-5-4-6-8-14)21-18(23)13(2)22(26(3,24)25)15-9-10-16(19)17(20)11-15/h4-13H,1-3H3,(H,21,23)/t12-,13-/m0/s1. The van der Waals surface area contributed by atoms with Crippen LogP contribution in [0, 0.1) is 11.6 Å². The van der Waals surface area contributed by atoms with Crippen LogP contribution in [0.25, 0.3) is 0 Å². The van der Waals surface area contributed by atoms with Crippen molar-refractivity contribution in [1.82, 2.24) is 5.32 Å². The average Bonchev–Trinajstić information content (AvgIpc) is 2.57. The summed E-state index contributed by atoms with van der Waals surface area (Å²) in [6, 6.07) is 10.3. The molecule has 2 aromatic carbocycles. The van der Waals surface area contributed by atoms with Crippen LogP contribution in [0.15, 0.2) is 48.5 Å². The van der Waals surface area contributed by atoms with Gasteiger partial charge in [0, 0.05) is 6.07 Å². The van der Waals surface area contributed by atoms with E-state index in [1.807, 2.05) is 30.3 Å². The molecule has 0 spiro atoms. The van der Waals surface area contributed by atoms with Gasteiger partial charge in [-0.2, -0.15) is 0 Å². The molecule has 2 rings (SSSR count). The van der Waals surface area contributed by atoms with Gasteiger partial charge < -0.3 is 5.32 Å². The Kier molecular flexibility index (Phi) is 5.97. The molecule has 26 heavy (non-hydrogen) atoms. The van der Waals surface area contributed by atoms with Gasteiger partial charge in [0.15, 0.2) is 11.6 Å². The van der Waals surface area contributed by atoms with Crippen molar-refractivity contribution < 1.29 is 22.0 Å². The fourth-order valence-electron chi connectivity index (χ4n) is 2.59. The number of nitrogens with one attached hydrogen (secondary N) is 1. The molecule has 0 aliphatic heterocycles. The van der Waals surface area contributed by atoms with Crippen molar-refractivity contribution in [3.8, 4) is 0 Å². The molecular weight excluding hydrogens is 362 g/mol. The third kappa shape index (κ3) is 4.57. The number of hydrogen-bond donors (Lipinski definition) is 1. The Morgan fingerprint density at radius 1 is 1.04 bits per heavy atom. The molecule has 0 radical (unpaired) electrons. The monoisotopic (exact) mass is 382 g/mol. The number of rotatable bonds is 6. The quantitative estimate of drug-likeness (QED) is 0.835. The Labute approximate surface area is 151 Å². The van der Waals surface area contributed by atoms with Crippen LogP contribution in [-0.4, -0.2) is 26.6 Å². The van der Waals surface area contributed by atoms with Gasteiger partial charge in [0.1, 0.15) is 6.04 Å². The highest BCUT2D eigenvalue weighted by Gasteiger charge is 2.30. The summed E-state index contributed by atoms with van der Waals surface area (Å²) in [5, 5.41) is 2.73. The Hall–Kier alpha value is -2.48. The van der Waals surface area contributed by atoms with Crippen LogP contribution in [0.2, 0.25) is 0 Å². The molecule has 1 amide bonds. The summed E-state index contributed by atoms with van der Waals surface area (Å²) in [4.78, 5) is 12.6. The van der Waals surface area contributed by atoms with E-state index in [0.717, 1.165) is 34.3 Å². The first-order valence-electron chi connectivity index (χ1n) is 7.91. The Morgan fingerprint density at radius 3 is 2.19 bits per heavy atom. The fraction of sp³-hybridized carbons (Fsp3) is 0.278. The number of sulfonamides is 1. The van der Waals surface area contributed by atoms with E-state index in [2.05, 4.69) is 5.32 Å². The molecule has 0 aromatic heterocycles. The van der Waals surface area contributed by atoms with Crippen molar-refractivity contribution in [2.24, 2.45) is 0 Å². The molecule has 1 N–H and O–H groups in total. The summed E-state index contributed by atoms with van der Waals surface area (Å²) in [5.41, 5.74) is 0.730. The van der Waals surface area contributed by atoms with Crippen molar-refractivity contribution in [1.29, 1.82) is 0 Å². The highest BCUT2D eigenvalue weighted by atomic mass is 32.2. The largest absolute Gasteiger partial charge is 0.348 e. The minimum atomic E-state index is -3.91. The van der Waals surface area contributed by atoms with Crippen LogP contribution >= 0.6 is 0 Å². The maximum absolute atomic E-state index is 13.5. The average molecular weight is 382 g/mol. The first kappa shape index (κ1) is 19.8. The number of carbonyl (C=O) groups is 1. The molecule has 0 fully saturated rings. The lowest BCUT2D eigenvalue weighted by Gasteiger charge is -2.29. The van der Waals surface area contributed by atoms with Gasteiger partial charge in [-0.3, -0.25) is 9.10 Å². The summed E-state index contributed by atoms with van der Waals surface area (Å²) in [6.07, 6.45) is 0.901. The van der Waals surface area contributed by atoms with Gasteiger partial charge in [0.05, 0.1) is 18.0 Å².